The van der Waals surface area contributed by atoms with E-state index in [-0.39, 0.29) is 24.3 Å². The van der Waals surface area contributed by atoms with E-state index in [1.807, 2.05) is 0 Å². The van der Waals surface area contributed by atoms with E-state index in [0.29, 0.717) is 22.3 Å². The minimum Gasteiger partial charge on any atom is -0.325 e. The van der Waals surface area contributed by atoms with Crippen molar-refractivity contribution in [2.24, 2.45) is 0 Å². The SMILES string of the molecule is CC(=O)c1ccc(NC(=O)Cn2c(=O)n(Cc3ccc(F)cc3)c(=O)c3ccccc32)cc1. The summed E-state index contributed by atoms with van der Waals surface area (Å²) in [5, 5.41) is 2.99. The summed E-state index contributed by atoms with van der Waals surface area (Å²) in [6.07, 6.45) is 0. The van der Waals surface area contributed by atoms with Gasteiger partial charge in [-0.3, -0.25) is 23.5 Å². The molecule has 0 spiro atoms. The third-order valence-corrected chi connectivity index (χ3v) is 5.26. The van der Waals surface area contributed by atoms with Crippen molar-refractivity contribution < 1.29 is 14.0 Å². The minimum absolute atomic E-state index is 0.0586. The number of hydrogen-bond acceptors (Lipinski definition) is 4. The van der Waals surface area contributed by atoms with Gasteiger partial charge in [-0.2, -0.15) is 0 Å². The second-order valence-corrected chi connectivity index (χ2v) is 7.59. The first kappa shape index (κ1) is 21.9. The quantitative estimate of drug-likeness (QED) is 0.462. The molecule has 0 bridgehead atoms. The molecule has 0 aliphatic carbocycles. The Kier molecular flexibility index (Phi) is 5.99. The predicted octanol–water partition coefficient (Wildman–Crippen LogP) is 3.19. The van der Waals surface area contributed by atoms with Crippen molar-refractivity contribution in [2.75, 3.05) is 5.32 Å². The van der Waals surface area contributed by atoms with Crippen LogP contribution >= 0.6 is 0 Å². The van der Waals surface area contributed by atoms with Crippen molar-refractivity contribution in [2.45, 2.75) is 20.0 Å². The fourth-order valence-corrected chi connectivity index (χ4v) is 3.57. The fourth-order valence-electron chi connectivity index (χ4n) is 3.57. The van der Waals surface area contributed by atoms with E-state index in [1.165, 1.54) is 35.8 Å². The highest BCUT2D eigenvalue weighted by Crippen LogP contribution is 2.12. The van der Waals surface area contributed by atoms with Crippen LogP contribution in [0.4, 0.5) is 10.1 Å². The van der Waals surface area contributed by atoms with E-state index in [9.17, 15) is 23.6 Å². The zero-order valence-corrected chi connectivity index (χ0v) is 17.7. The van der Waals surface area contributed by atoms with Crippen molar-refractivity contribution in [3.8, 4) is 0 Å². The van der Waals surface area contributed by atoms with Crippen molar-refractivity contribution in [3.63, 3.8) is 0 Å². The van der Waals surface area contributed by atoms with Gasteiger partial charge in [0.15, 0.2) is 5.78 Å². The van der Waals surface area contributed by atoms with Crippen LogP contribution < -0.4 is 16.6 Å². The molecule has 166 valence electrons. The van der Waals surface area contributed by atoms with E-state index in [2.05, 4.69) is 5.32 Å². The van der Waals surface area contributed by atoms with Gasteiger partial charge in [0, 0.05) is 11.3 Å². The number of Topliss-reactive ketones (excluding diaryl/α,β-unsaturated/α-hetero) is 1. The monoisotopic (exact) mass is 445 g/mol. The van der Waals surface area contributed by atoms with Gasteiger partial charge in [0.25, 0.3) is 5.56 Å². The van der Waals surface area contributed by atoms with E-state index < -0.39 is 23.0 Å². The average Bonchev–Trinajstić information content (AvgIpc) is 2.81. The highest BCUT2D eigenvalue weighted by Gasteiger charge is 2.16. The van der Waals surface area contributed by atoms with E-state index in [0.717, 1.165) is 4.57 Å². The molecular weight excluding hydrogens is 425 g/mol. The van der Waals surface area contributed by atoms with Crippen LogP contribution in [0.1, 0.15) is 22.8 Å². The molecule has 4 aromatic rings. The van der Waals surface area contributed by atoms with Gasteiger partial charge >= 0.3 is 5.69 Å². The lowest BCUT2D eigenvalue weighted by atomic mass is 10.1. The summed E-state index contributed by atoms with van der Waals surface area (Å²) >= 11 is 0. The molecule has 1 N–H and O–H groups in total. The molecule has 0 radical (unpaired) electrons. The molecule has 0 atom stereocenters. The number of amides is 1. The Labute approximate surface area is 187 Å². The lowest BCUT2D eigenvalue weighted by molar-refractivity contribution is -0.116. The highest BCUT2D eigenvalue weighted by molar-refractivity contribution is 5.95. The molecule has 1 amide bonds. The van der Waals surface area contributed by atoms with Gasteiger partial charge in [-0.05, 0) is 61.0 Å². The largest absolute Gasteiger partial charge is 0.332 e. The van der Waals surface area contributed by atoms with Crippen LogP contribution in [0.25, 0.3) is 10.9 Å². The highest BCUT2D eigenvalue weighted by atomic mass is 19.1. The van der Waals surface area contributed by atoms with E-state index in [1.54, 1.807) is 48.5 Å². The Morgan fingerprint density at radius 2 is 1.55 bits per heavy atom. The van der Waals surface area contributed by atoms with Gasteiger partial charge in [-0.25, -0.2) is 9.18 Å². The van der Waals surface area contributed by atoms with Gasteiger partial charge in [-0.15, -0.1) is 0 Å². The lowest BCUT2D eigenvalue weighted by Crippen LogP contribution is -2.42. The summed E-state index contributed by atoms with van der Waals surface area (Å²) in [4.78, 5) is 50.3. The molecule has 4 rings (SSSR count). The van der Waals surface area contributed by atoms with Crippen LogP contribution in [0.15, 0.2) is 82.4 Å². The normalized spacial score (nSPS) is 10.8. The van der Waals surface area contributed by atoms with Crippen molar-refractivity contribution in [1.82, 2.24) is 9.13 Å². The van der Waals surface area contributed by atoms with Gasteiger partial charge in [0.05, 0.1) is 17.4 Å². The summed E-state index contributed by atoms with van der Waals surface area (Å²) in [5.74, 6) is -0.978. The first-order chi connectivity index (χ1) is 15.8. The number of carbonyl (C=O) groups is 2. The van der Waals surface area contributed by atoms with Crippen LogP contribution in [0.2, 0.25) is 0 Å². The lowest BCUT2D eigenvalue weighted by Gasteiger charge is -2.14. The third-order valence-electron chi connectivity index (χ3n) is 5.26. The number of ketones is 1. The Balaban J connectivity index is 1.69. The molecule has 7 nitrogen and oxygen atoms in total. The molecule has 0 saturated heterocycles. The predicted molar refractivity (Wildman–Crippen MR) is 123 cm³/mol. The summed E-state index contributed by atoms with van der Waals surface area (Å²) < 4.78 is 15.5. The van der Waals surface area contributed by atoms with E-state index in [4.69, 9.17) is 0 Å². The van der Waals surface area contributed by atoms with Crippen LogP contribution in [0.5, 0.6) is 0 Å². The molecule has 0 unspecified atom stereocenters. The van der Waals surface area contributed by atoms with Gasteiger partial charge in [0.1, 0.15) is 12.4 Å². The average molecular weight is 445 g/mol. The first-order valence-electron chi connectivity index (χ1n) is 10.2. The van der Waals surface area contributed by atoms with Crippen molar-refractivity contribution >= 4 is 28.3 Å². The second-order valence-electron chi connectivity index (χ2n) is 7.59. The van der Waals surface area contributed by atoms with Crippen molar-refractivity contribution in [1.29, 1.82) is 0 Å². The van der Waals surface area contributed by atoms with Crippen LogP contribution in [0, 0.1) is 5.82 Å². The Morgan fingerprint density at radius 1 is 0.879 bits per heavy atom. The number of anilines is 1. The molecule has 8 heteroatoms. The molecule has 0 aliphatic heterocycles. The molecule has 0 fully saturated rings. The number of para-hydroxylation sites is 1. The minimum atomic E-state index is -0.648. The maximum absolute atomic E-state index is 13.2. The molecule has 33 heavy (non-hydrogen) atoms. The molecule has 0 aliphatic rings. The van der Waals surface area contributed by atoms with E-state index >= 15 is 0 Å². The number of aromatic nitrogens is 2. The number of rotatable bonds is 6. The maximum atomic E-state index is 13.2. The van der Waals surface area contributed by atoms with Gasteiger partial charge < -0.3 is 5.32 Å². The number of benzene rings is 3. The zero-order valence-electron chi connectivity index (χ0n) is 17.7. The van der Waals surface area contributed by atoms with Crippen LogP contribution in [-0.4, -0.2) is 20.8 Å². The third kappa shape index (κ3) is 4.64. The molecule has 1 heterocycles. The van der Waals surface area contributed by atoms with Gasteiger partial charge in [-0.1, -0.05) is 24.3 Å². The van der Waals surface area contributed by atoms with Crippen LogP contribution in [-0.2, 0) is 17.9 Å². The number of nitrogens with zero attached hydrogens (tertiary/aromatic N) is 2. The van der Waals surface area contributed by atoms with Gasteiger partial charge in [0.2, 0.25) is 5.91 Å². The smallest absolute Gasteiger partial charge is 0.325 e. The Hall–Kier alpha value is -4.33. The standard InChI is InChI=1S/C25H20FN3O4/c1-16(30)18-8-12-20(13-9-18)27-23(31)15-28-22-5-3-2-4-21(22)24(32)29(25(28)33)14-17-6-10-19(26)11-7-17/h2-13H,14-15H2,1H3,(H,27,31). The topological polar surface area (TPSA) is 90.2 Å². The molecule has 0 saturated carbocycles. The number of carbonyl (C=O) groups excluding carboxylic acids is 2. The summed E-state index contributed by atoms with van der Waals surface area (Å²) in [7, 11) is 0. The summed E-state index contributed by atoms with van der Waals surface area (Å²) in [5.41, 5.74) is 0.768. The molecular formula is C25H20FN3O4. The first-order valence-corrected chi connectivity index (χ1v) is 10.2. The van der Waals surface area contributed by atoms with Crippen molar-refractivity contribution in [3.05, 3.63) is 111 Å². The summed E-state index contributed by atoms with van der Waals surface area (Å²) in [6, 6.07) is 18.5. The van der Waals surface area contributed by atoms with Crippen LogP contribution in [0.3, 0.4) is 0 Å². The maximum Gasteiger partial charge on any atom is 0.332 e. The number of nitrogens with one attached hydrogen (secondary N) is 1. The Bertz CT molecular complexity index is 1470. The second kappa shape index (κ2) is 9.04. The zero-order chi connectivity index (χ0) is 23.5. The Morgan fingerprint density at radius 3 is 2.21 bits per heavy atom. The number of halogens is 1. The number of hydrogen-bond donors (Lipinski definition) is 1. The number of fused-ring (bicyclic) bond motifs is 1. The molecule has 3 aromatic carbocycles. The molecule has 1 aromatic heterocycles. The summed E-state index contributed by atoms with van der Waals surface area (Å²) in [6.45, 7) is 1.07. The fraction of sp³-hybridized carbons (Fsp3) is 0.120.